The van der Waals surface area contributed by atoms with Crippen LogP contribution in [0.25, 0.3) is 10.2 Å². The summed E-state index contributed by atoms with van der Waals surface area (Å²) in [6.07, 6.45) is 3.13. The van der Waals surface area contributed by atoms with Crippen LogP contribution in [0, 0.1) is 0 Å². The second kappa shape index (κ2) is 6.13. The Labute approximate surface area is 139 Å². The van der Waals surface area contributed by atoms with E-state index in [9.17, 15) is 9.59 Å². The van der Waals surface area contributed by atoms with Crippen LogP contribution in [0.5, 0.6) is 0 Å². The highest BCUT2D eigenvalue weighted by atomic mass is 32.1. The molecule has 0 bridgehead atoms. The molecule has 1 aliphatic rings. The van der Waals surface area contributed by atoms with Gasteiger partial charge >= 0.3 is 0 Å². The van der Waals surface area contributed by atoms with Gasteiger partial charge in [0.15, 0.2) is 5.82 Å². The molecular weight excluding hydrogens is 332 g/mol. The number of fused-ring (bicyclic) bond motifs is 1. The highest BCUT2D eigenvalue weighted by molar-refractivity contribution is 7.16. The lowest BCUT2D eigenvalue weighted by atomic mass is 10.2. The van der Waals surface area contributed by atoms with Crippen molar-refractivity contribution in [2.24, 2.45) is 0 Å². The number of thiophene rings is 1. The van der Waals surface area contributed by atoms with Gasteiger partial charge in [0.1, 0.15) is 17.5 Å². The average molecular weight is 346 g/mol. The molecule has 4 rings (SSSR count). The van der Waals surface area contributed by atoms with Gasteiger partial charge in [0.2, 0.25) is 11.9 Å². The van der Waals surface area contributed by atoms with E-state index < -0.39 is 5.91 Å². The van der Waals surface area contributed by atoms with Gasteiger partial charge in [-0.15, -0.1) is 16.4 Å². The molecule has 1 amide bonds. The van der Waals surface area contributed by atoms with Gasteiger partial charge in [0.05, 0.1) is 11.7 Å². The number of hydrogen-bond donors (Lipinski definition) is 2. The number of anilines is 1. The molecule has 2 N–H and O–H groups in total. The summed E-state index contributed by atoms with van der Waals surface area (Å²) in [4.78, 5) is 33.4. The van der Waals surface area contributed by atoms with Gasteiger partial charge in [-0.1, -0.05) is 0 Å². The molecule has 10 heteroatoms. The number of hydrogen-bond acceptors (Lipinski definition) is 7. The Morgan fingerprint density at radius 1 is 1.54 bits per heavy atom. The van der Waals surface area contributed by atoms with Crippen molar-refractivity contribution in [2.45, 2.75) is 25.5 Å². The number of carbonyl (C=O) groups is 1. The van der Waals surface area contributed by atoms with E-state index in [2.05, 4.69) is 25.5 Å². The van der Waals surface area contributed by atoms with E-state index >= 15 is 0 Å². The van der Waals surface area contributed by atoms with Crippen LogP contribution in [-0.4, -0.2) is 37.2 Å². The fourth-order valence-corrected chi connectivity index (χ4v) is 3.32. The van der Waals surface area contributed by atoms with E-state index in [-0.39, 0.29) is 24.2 Å². The molecule has 0 saturated carbocycles. The molecule has 0 aromatic carbocycles. The second-order valence-corrected chi connectivity index (χ2v) is 6.31. The van der Waals surface area contributed by atoms with Crippen molar-refractivity contribution in [2.75, 3.05) is 11.9 Å². The third kappa shape index (κ3) is 2.81. The zero-order valence-corrected chi connectivity index (χ0v) is 13.4. The first-order chi connectivity index (χ1) is 11.7. The molecule has 1 saturated heterocycles. The SMILES string of the molecule is O=C(Cn1cnc2sccc2c1=O)Nc1n[nH]c([C@@H]2CCCO2)n1. The van der Waals surface area contributed by atoms with E-state index in [0.29, 0.717) is 22.6 Å². The minimum absolute atomic E-state index is 0.101. The molecule has 24 heavy (non-hydrogen) atoms. The Morgan fingerprint density at radius 2 is 2.46 bits per heavy atom. The molecule has 4 heterocycles. The van der Waals surface area contributed by atoms with Crippen molar-refractivity contribution in [1.82, 2.24) is 24.7 Å². The van der Waals surface area contributed by atoms with Crippen LogP contribution in [-0.2, 0) is 16.1 Å². The van der Waals surface area contributed by atoms with Crippen molar-refractivity contribution in [3.05, 3.63) is 34.0 Å². The van der Waals surface area contributed by atoms with Crippen LogP contribution in [0.2, 0.25) is 0 Å². The van der Waals surface area contributed by atoms with Crippen molar-refractivity contribution in [3.63, 3.8) is 0 Å². The van der Waals surface area contributed by atoms with Crippen molar-refractivity contribution in [3.8, 4) is 0 Å². The van der Waals surface area contributed by atoms with Crippen molar-refractivity contribution in [1.29, 1.82) is 0 Å². The second-order valence-electron chi connectivity index (χ2n) is 5.41. The van der Waals surface area contributed by atoms with Crippen LogP contribution >= 0.6 is 11.3 Å². The molecule has 124 valence electrons. The quantitative estimate of drug-likeness (QED) is 0.730. The molecule has 1 aliphatic heterocycles. The maximum Gasteiger partial charge on any atom is 0.262 e. The Kier molecular flexibility index (Phi) is 3.82. The highest BCUT2D eigenvalue weighted by Gasteiger charge is 2.21. The highest BCUT2D eigenvalue weighted by Crippen LogP contribution is 2.26. The summed E-state index contributed by atoms with van der Waals surface area (Å²) in [5.41, 5.74) is -0.244. The number of amides is 1. The van der Waals surface area contributed by atoms with Crippen LogP contribution in [0.1, 0.15) is 24.8 Å². The van der Waals surface area contributed by atoms with Gasteiger partial charge in [-0.2, -0.15) is 4.98 Å². The predicted molar refractivity (Wildman–Crippen MR) is 86.8 cm³/mol. The van der Waals surface area contributed by atoms with Crippen molar-refractivity contribution < 1.29 is 9.53 Å². The van der Waals surface area contributed by atoms with Gasteiger partial charge in [0.25, 0.3) is 5.56 Å². The van der Waals surface area contributed by atoms with Crippen LogP contribution < -0.4 is 10.9 Å². The fraction of sp³-hybridized carbons (Fsp3) is 0.357. The average Bonchev–Trinajstić information content (AvgIpc) is 3.29. The zero-order chi connectivity index (χ0) is 16.5. The van der Waals surface area contributed by atoms with Gasteiger partial charge in [-0.25, -0.2) is 4.98 Å². The Morgan fingerprint density at radius 3 is 3.29 bits per heavy atom. The summed E-state index contributed by atoms with van der Waals surface area (Å²) < 4.78 is 6.76. The predicted octanol–water partition coefficient (Wildman–Crippen LogP) is 1.07. The standard InChI is InChI=1S/C14H14N6O3S/c21-10(6-20-7-15-12-8(13(20)22)3-5-24-12)16-14-17-11(18-19-14)9-2-1-4-23-9/h3,5,7,9H,1-2,4,6H2,(H2,16,17,18,19,21)/t9-/m0/s1. The van der Waals surface area contributed by atoms with Gasteiger partial charge < -0.3 is 4.74 Å². The fourth-order valence-electron chi connectivity index (χ4n) is 2.59. The molecule has 1 atom stereocenters. The molecule has 1 fully saturated rings. The smallest absolute Gasteiger partial charge is 0.262 e. The van der Waals surface area contributed by atoms with Gasteiger partial charge in [-0.05, 0) is 24.3 Å². The van der Waals surface area contributed by atoms with E-state index in [1.54, 1.807) is 11.4 Å². The summed E-state index contributed by atoms with van der Waals surface area (Å²) in [7, 11) is 0. The van der Waals surface area contributed by atoms with Crippen molar-refractivity contribution >= 4 is 33.4 Å². The summed E-state index contributed by atoms with van der Waals surface area (Å²) in [6.45, 7) is 0.551. The maximum absolute atomic E-state index is 12.3. The Hall–Kier alpha value is -2.59. The van der Waals surface area contributed by atoms with E-state index in [4.69, 9.17) is 4.74 Å². The van der Waals surface area contributed by atoms with Gasteiger partial charge in [0, 0.05) is 6.61 Å². The Bertz CT molecular complexity index is 939. The van der Waals surface area contributed by atoms with E-state index in [1.165, 1.54) is 22.2 Å². The first-order valence-electron chi connectivity index (χ1n) is 7.47. The van der Waals surface area contributed by atoms with Gasteiger partial charge in [-0.3, -0.25) is 24.6 Å². The zero-order valence-electron chi connectivity index (χ0n) is 12.6. The largest absolute Gasteiger partial charge is 0.370 e. The minimum atomic E-state index is -0.397. The number of aromatic amines is 1. The normalized spacial score (nSPS) is 17.4. The lowest BCUT2D eigenvalue weighted by molar-refractivity contribution is -0.116. The monoisotopic (exact) mass is 346 g/mol. The molecule has 0 unspecified atom stereocenters. The lowest BCUT2D eigenvalue weighted by Crippen LogP contribution is -2.27. The van der Waals surface area contributed by atoms with E-state index in [0.717, 1.165) is 12.8 Å². The Balaban J connectivity index is 1.46. The summed E-state index contributed by atoms with van der Waals surface area (Å²) >= 11 is 1.39. The molecular formula is C14H14N6O3S. The molecule has 3 aromatic rings. The number of aromatic nitrogens is 5. The first-order valence-corrected chi connectivity index (χ1v) is 8.35. The molecule has 0 spiro atoms. The summed E-state index contributed by atoms with van der Waals surface area (Å²) in [5.74, 6) is 0.371. The number of H-pyrrole nitrogens is 1. The third-order valence-electron chi connectivity index (χ3n) is 3.75. The molecule has 9 nitrogen and oxygen atoms in total. The van der Waals surface area contributed by atoms with Crippen LogP contribution in [0.3, 0.4) is 0 Å². The lowest BCUT2D eigenvalue weighted by Gasteiger charge is -2.05. The first kappa shape index (κ1) is 15.0. The number of rotatable bonds is 4. The number of ether oxygens (including phenoxy) is 1. The topological polar surface area (TPSA) is 115 Å². The van der Waals surface area contributed by atoms with E-state index in [1.807, 2.05) is 0 Å². The molecule has 0 radical (unpaired) electrons. The number of nitrogens with one attached hydrogen (secondary N) is 2. The molecule has 0 aliphatic carbocycles. The van der Waals surface area contributed by atoms with Crippen LogP contribution in [0.15, 0.2) is 22.6 Å². The third-order valence-corrected chi connectivity index (χ3v) is 4.57. The molecule has 3 aromatic heterocycles. The summed E-state index contributed by atoms with van der Waals surface area (Å²) in [6, 6.07) is 1.70. The maximum atomic E-state index is 12.3. The summed E-state index contributed by atoms with van der Waals surface area (Å²) in [5, 5.41) is 11.6. The number of nitrogens with zero attached hydrogens (tertiary/aromatic N) is 4. The minimum Gasteiger partial charge on any atom is -0.370 e. The number of carbonyl (C=O) groups excluding carboxylic acids is 1. The van der Waals surface area contributed by atoms with Crippen LogP contribution in [0.4, 0.5) is 5.95 Å².